The van der Waals surface area contributed by atoms with Crippen molar-refractivity contribution >= 4 is 40.6 Å². The molecule has 0 aliphatic carbocycles. The van der Waals surface area contributed by atoms with Gasteiger partial charge in [0.15, 0.2) is 0 Å². The fourth-order valence-corrected chi connectivity index (χ4v) is 4.42. The van der Waals surface area contributed by atoms with Crippen molar-refractivity contribution in [2.24, 2.45) is 5.73 Å². The molecule has 3 rings (SSSR count). The first kappa shape index (κ1) is 31.8. The zero-order valence-corrected chi connectivity index (χ0v) is 22.9. The predicted octanol–water partition coefficient (Wildman–Crippen LogP) is 0.0650. The molecule has 1 heterocycles. The molecule has 0 radical (unpaired) electrons. The van der Waals surface area contributed by atoms with Crippen LogP contribution in [0.25, 0.3) is 10.9 Å². The first-order valence-corrected chi connectivity index (χ1v) is 13.3. The number of carbonyl (C=O) groups excluding carboxylic acids is 3. The van der Waals surface area contributed by atoms with Crippen molar-refractivity contribution in [3.63, 3.8) is 0 Å². The number of amides is 3. The van der Waals surface area contributed by atoms with Crippen LogP contribution in [0.2, 0.25) is 0 Å². The molecule has 42 heavy (non-hydrogen) atoms. The van der Waals surface area contributed by atoms with Crippen molar-refractivity contribution in [1.29, 1.82) is 0 Å². The first-order chi connectivity index (χ1) is 20.0. The van der Waals surface area contributed by atoms with Gasteiger partial charge in [-0.15, -0.1) is 0 Å². The number of aromatic amines is 1. The standard InChI is InChI=1S/C29H35N5O8/c1-16(35)25(28(40)33-23(29(41)42)13-17-7-3-2-4-8-17)34-27(39)22(11-12-24(36)37)32-26(38)20(30)14-18-15-31-21-10-6-5-9-19(18)21/h2-10,15-16,20,22-23,25,31,35H,11-14,30H2,1H3,(H,32,38)(H,33,40)(H,34,39)(H,36,37)(H,41,42). The summed E-state index contributed by atoms with van der Waals surface area (Å²) in [5, 5.41) is 37.0. The highest BCUT2D eigenvalue weighted by Gasteiger charge is 2.33. The number of carboxylic acid groups (broad SMARTS) is 2. The number of carbonyl (C=O) groups is 5. The van der Waals surface area contributed by atoms with Gasteiger partial charge in [0.2, 0.25) is 17.7 Å². The van der Waals surface area contributed by atoms with Crippen LogP contribution in [0.4, 0.5) is 0 Å². The highest BCUT2D eigenvalue weighted by atomic mass is 16.4. The summed E-state index contributed by atoms with van der Waals surface area (Å²) in [5.74, 6) is -5.18. The maximum absolute atomic E-state index is 13.2. The topological polar surface area (TPSA) is 224 Å². The third-order valence-corrected chi connectivity index (χ3v) is 6.69. The van der Waals surface area contributed by atoms with Gasteiger partial charge in [-0.25, -0.2) is 4.79 Å². The number of fused-ring (bicyclic) bond motifs is 1. The van der Waals surface area contributed by atoms with E-state index < -0.39 is 66.4 Å². The van der Waals surface area contributed by atoms with Gasteiger partial charge in [0.25, 0.3) is 0 Å². The number of hydrogen-bond donors (Lipinski definition) is 8. The van der Waals surface area contributed by atoms with Crippen molar-refractivity contribution in [1.82, 2.24) is 20.9 Å². The van der Waals surface area contributed by atoms with Gasteiger partial charge < -0.3 is 42.0 Å². The van der Waals surface area contributed by atoms with Crippen molar-refractivity contribution in [2.45, 2.75) is 62.9 Å². The summed E-state index contributed by atoms with van der Waals surface area (Å²) in [6, 6.07) is 10.5. The molecule has 2 aromatic carbocycles. The molecule has 0 saturated heterocycles. The van der Waals surface area contributed by atoms with Gasteiger partial charge in [0, 0.05) is 29.9 Å². The SMILES string of the molecule is CC(O)C(NC(=O)C(CCC(=O)O)NC(=O)C(N)Cc1c[nH]c2ccccc12)C(=O)NC(Cc1ccccc1)C(=O)O. The molecule has 5 atom stereocenters. The van der Waals surface area contributed by atoms with Crippen LogP contribution in [-0.4, -0.2) is 80.2 Å². The Morgan fingerprint density at radius 1 is 0.833 bits per heavy atom. The molecule has 0 fully saturated rings. The fourth-order valence-electron chi connectivity index (χ4n) is 4.42. The number of rotatable bonds is 15. The predicted molar refractivity (Wildman–Crippen MR) is 152 cm³/mol. The molecule has 0 saturated carbocycles. The number of aliphatic carboxylic acids is 2. The number of carboxylic acids is 2. The van der Waals surface area contributed by atoms with E-state index in [1.165, 1.54) is 6.92 Å². The molecule has 0 spiro atoms. The van der Waals surface area contributed by atoms with Crippen LogP contribution in [0.3, 0.4) is 0 Å². The van der Waals surface area contributed by atoms with Crippen LogP contribution in [0.1, 0.15) is 30.9 Å². The molecule has 3 aromatic rings. The molecular weight excluding hydrogens is 546 g/mol. The van der Waals surface area contributed by atoms with Gasteiger partial charge in [0.05, 0.1) is 12.1 Å². The van der Waals surface area contributed by atoms with E-state index >= 15 is 0 Å². The van der Waals surface area contributed by atoms with Gasteiger partial charge in [-0.2, -0.15) is 0 Å². The minimum Gasteiger partial charge on any atom is -0.481 e. The number of benzene rings is 2. The van der Waals surface area contributed by atoms with E-state index in [0.717, 1.165) is 16.5 Å². The Labute approximate surface area is 241 Å². The quantitative estimate of drug-likeness (QED) is 0.121. The summed E-state index contributed by atoms with van der Waals surface area (Å²) in [7, 11) is 0. The fraction of sp³-hybridized carbons (Fsp3) is 0.345. The molecule has 13 heteroatoms. The van der Waals surface area contributed by atoms with Crippen LogP contribution in [0.5, 0.6) is 0 Å². The maximum Gasteiger partial charge on any atom is 0.326 e. The van der Waals surface area contributed by atoms with E-state index in [1.54, 1.807) is 36.5 Å². The summed E-state index contributed by atoms with van der Waals surface area (Å²) in [6.45, 7) is 1.22. The number of aliphatic hydroxyl groups is 1. The highest BCUT2D eigenvalue weighted by molar-refractivity contribution is 5.95. The number of aliphatic hydroxyl groups excluding tert-OH is 1. The normalized spacial score (nSPS) is 14.6. The second-order valence-corrected chi connectivity index (χ2v) is 9.98. The second kappa shape index (κ2) is 14.8. The van der Waals surface area contributed by atoms with E-state index in [2.05, 4.69) is 20.9 Å². The largest absolute Gasteiger partial charge is 0.481 e. The average molecular weight is 582 g/mol. The Kier molecular flexibility index (Phi) is 11.2. The Morgan fingerprint density at radius 3 is 2.12 bits per heavy atom. The lowest BCUT2D eigenvalue weighted by Crippen LogP contribution is -2.60. The van der Waals surface area contributed by atoms with Gasteiger partial charge in [-0.3, -0.25) is 19.2 Å². The number of aromatic nitrogens is 1. The van der Waals surface area contributed by atoms with Crippen molar-refractivity contribution in [3.05, 3.63) is 71.9 Å². The third-order valence-electron chi connectivity index (χ3n) is 6.69. The Hall–Kier alpha value is -4.75. The van der Waals surface area contributed by atoms with Crippen molar-refractivity contribution < 1.29 is 39.3 Å². The monoisotopic (exact) mass is 581 g/mol. The van der Waals surface area contributed by atoms with Gasteiger partial charge in [-0.1, -0.05) is 48.5 Å². The Balaban J connectivity index is 1.69. The molecule has 1 aromatic heterocycles. The zero-order valence-electron chi connectivity index (χ0n) is 22.9. The Morgan fingerprint density at radius 2 is 1.48 bits per heavy atom. The molecular formula is C29H35N5O8. The maximum atomic E-state index is 13.2. The lowest BCUT2D eigenvalue weighted by molar-refractivity contribution is -0.143. The molecule has 9 N–H and O–H groups in total. The minimum atomic E-state index is -1.60. The first-order valence-electron chi connectivity index (χ1n) is 13.3. The number of para-hydroxylation sites is 1. The summed E-state index contributed by atoms with van der Waals surface area (Å²) >= 11 is 0. The van der Waals surface area contributed by atoms with Crippen LogP contribution >= 0.6 is 0 Å². The number of H-pyrrole nitrogens is 1. The van der Waals surface area contributed by atoms with Crippen LogP contribution < -0.4 is 21.7 Å². The molecule has 0 aliphatic heterocycles. The van der Waals surface area contributed by atoms with Gasteiger partial charge in [0.1, 0.15) is 18.1 Å². The lowest BCUT2D eigenvalue weighted by Gasteiger charge is -2.26. The van der Waals surface area contributed by atoms with E-state index in [9.17, 15) is 34.2 Å². The number of hydrogen-bond acceptors (Lipinski definition) is 7. The third kappa shape index (κ3) is 8.88. The van der Waals surface area contributed by atoms with Crippen LogP contribution in [0, 0.1) is 0 Å². The average Bonchev–Trinajstić information content (AvgIpc) is 3.36. The van der Waals surface area contributed by atoms with Gasteiger partial charge in [-0.05, 0) is 37.0 Å². The van der Waals surface area contributed by atoms with Gasteiger partial charge >= 0.3 is 11.9 Å². The van der Waals surface area contributed by atoms with E-state index in [4.69, 9.17) is 10.8 Å². The van der Waals surface area contributed by atoms with E-state index in [1.807, 2.05) is 24.3 Å². The zero-order chi connectivity index (χ0) is 30.8. The molecule has 0 aliphatic rings. The smallest absolute Gasteiger partial charge is 0.326 e. The van der Waals surface area contributed by atoms with Crippen molar-refractivity contribution in [3.8, 4) is 0 Å². The highest BCUT2D eigenvalue weighted by Crippen LogP contribution is 2.19. The van der Waals surface area contributed by atoms with Crippen LogP contribution in [-0.2, 0) is 36.8 Å². The summed E-state index contributed by atoms with van der Waals surface area (Å²) in [6.07, 6.45) is -0.472. The molecule has 0 bridgehead atoms. The Bertz CT molecular complexity index is 1410. The van der Waals surface area contributed by atoms with E-state index in [-0.39, 0.29) is 19.3 Å². The van der Waals surface area contributed by atoms with Crippen molar-refractivity contribution in [2.75, 3.05) is 0 Å². The van der Waals surface area contributed by atoms with E-state index in [0.29, 0.717) is 5.56 Å². The molecule has 224 valence electrons. The number of nitrogens with one attached hydrogen (secondary N) is 4. The van der Waals surface area contributed by atoms with Crippen LogP contribution in [0.15, 0.2) is 60.8 Å². The summed E-state index contributed by atoms with van der Waals surface area (Å²) < 4.78 is 0. The minimum absolute atomic E-state index is 0.0476. The molecule has 13 nitrogen and oxygen atoms in total. The lowest BCUT2D eigenvalue weighted by atomic mass is 10.0. The second-order valence-electron chi connectivity index (χ2n) is 9.98. The summed E-state index contributed by atoms with van der Waals surface area (Å²) in [4.78, 5) is 65.2. The molecule has 3 amide bonds. The molecule has 5 unspecified atom stereocenters. The summed E-state index contributed by atoms with van der Waals surface area (Å²) in [5.41, 5.74) is 8.39. The number of nitrogens with two attached hydrogens (primary N) is 1.